The molecule has 2 aliphatic rings. The Hall–Kier alpha value is -3.86. The molecule has 4 rings (SSSR count). The molecule has 1 saturated heterocycles. The third kappa shape index (κ3) is 7.09. The molecule has 0 aliphatic carbocycles. The number of carboxylic acid groups (broad SMARTS) is 1. The molecule has 44 heavy (non-hydrogen) atoms. The summed E-state index contributed by atoms with van der Waals surface area (Å²) in [5.74, 6) is -0.952. The number of anilines is 1. The lowest BCUT2D eigenvalue weighted by Crippen LogP contribution is -2.31. The number of ketones is 1. The van der Waals surface area contributed by atoms with Crippen LogP contribution in [0.5, 0.6) is 17.2 Å². The molecule has 11 heteroatoms. The maximum absolute atomic E-state index is 15.3. The molecule has 0 amide bonds. The molecule has 0 saturated carbocycles. The van der Waals surface area contributed by atoms with Gasteiger partial charge < -0.3 is 33.9 Å². The third-order valence-corrected chi connectivity index (χ3v) is 8.06. The highest BCUT2D eigenvalue weighted by Crippen LogP contribution is 2.43. The van der Waals surface area contributed by atoms with Gasteiger partial charge in [0.2, 0.25) is 0 Å². The van der Waals surface area contributed by atoms with Crippen LogP contribution in [0.3, 0.4) is 0 Å². The lowest BCUT2D eigenvalue weighted by molar-refractivity contribution is -0.137. The van der Waals surface area contributed by atoms with E-state index in [0.29, 0.717) is 49.5 Å². The first-order chi connectivity index (χ1) is 20.9. The van der Waals surface area contributed by atoms with Crippen molar-refractivity contribution in [3.8, 4) is 17.2 Å². The van der Waals surface area contributed by atoms with Crippen LogP contribution in [0.25, 0.3) is 0 Å². The Labute approximate surface area is 258 Å². The van der Waals surface area contributed by atoms with Crippen LogP contribution in [0.4, 0.5) is 10.1 Å². The van der Waals surface area contributed by atoms with Crippen molar-refractivity contribution < 1.29 is 38.0 Å². The third-order valence-electron chi connectivity index (χ3n) is 8.06. The molecule has 2 heterocycles. The van der Waals surface area contributed by atoms with Gasteiger partial charge in [0.05, 0.1) is 44.7 Å². The number of unbranched alkanes of at least 4 members (excludes halogenated alkanes) is 1. The van der Waals surface area contributed by atoms with Crippen molar-refractivity contribution in [2.24, 2.45) is 0 Å². The van der Waals surface area contributed by atoms with Gasteiger partial charge in [-0.3, -0.25) is 15.0 Å². The monoisotopic (exact) mass is 613 g/mol. The van der Waals surface area contributed by atoms with E-state index in [1.54, 1.807) is 11.0 Å². The Balaban J connectivity index is 1.66. The Kier molecular flexibility index (Phi) is 10.4. The van der Waals surface area contributed by atoms with E-state index in [9.17, 15) is 9.59 Å². The van der Waals surface area contributed by atoms with E-state index in [2.05, 4.69) is 25.7 Å². The summed E-state index contributed by atoms with van der Waals surface area (Å²) in [7, 11) is 2.77. The van der Waals surface area contributed by atoms with Gasteiger partial charge in [-0.2, -0.15) is 0 Å². The first-order valence-electron chi connectivity index (χ1n) is 15.1. The largest absolute Gasteiger partial charge is 0.493 e. The molecule has 2 aliphatic heterocycles. The van der Waals surface area contributed by atoms with Crippen molar-refractivity contribution in [2.45, 2.75) is 71.4 Å². The second-order valence-electron chi connectivity index (χ2n) is 12.2. The first kappa shape index (κ1) is 33.0. The van der Waals surface area contributed by atoms with Gasteiger partial charge in [-0.1, -0.05) is 20.8 Å². The van der Waals surface area contributed by atoms with Crippen molar-refractivity contribution in [3.05, 3.63) is 46.3 Å². The van der Waals surface area contributed by atoms with E-state index < -0.39 is 11.8 Å². The number of nitrogens with one attached hydrogen (secondary N) is 1. The average Bonchev–Trinajstić information content (AvgIpc) is 3.56. The van der Waals surface area contributed by atoms with E-state index in [1.807, 2.05) is 19.1 Å². The summed E-state index contributed by atoms with van der Waals surface area (Å²) in [6, 6.07) is 5.35. The predicted molar refractivity (Wildman–Crippen MR) is 165 cm³/mol. The number of amidine groups is 1. The lowest BCUT2D eigenvalue weighted by atomic mass is 9.84. The molecule has 2 aromatic rings. The minimum absolute atomic E-state index is 0.0633. The van der Waals surface area contributed by atoms with Crippen molar-refractivity contribution in [2.75, 3.05) is 52.0 Å². The number of ether oxygens (including phenoxy) is 4. The second kappa shape index (κ2) is 13.8. The first-order valence-corrected chi connectivity index (χ1v) is 15.1. The van der Waals surface area contributed by atoms with Gasteiger partial charge in [-0.15, -0.1) is 0 Å². The standard InChI is InChI=1S/C33H44FN3O7/c1-7-43-22-11-12-36(18-22)24-15-20(14-23(33(2,3)4)30(24)44-13-9-8-10-27(39)40)25(38)19-37-17-21-16-26(41-5)31(42-6)29(34)28(21)32(37)35/h14-16,22,35H,7-13,17-19H2,1-6H3,(H,39,40). The normalized spacial score (nSPS) is 16.3. The maximum atomic E-state index is 15.3. The molecule has 1 fully saturated rings. The quantitative estimate of drug-likeness (QED) is 0.213. The maximum Gasteiger partial charge on any atom is 0.303 e. The van der Waals surface area contributed by atoms with Crippen LogP contribution < -0.4 is 19.1 Å². The van der Waals surface area contributed by atoms with Crippen LogP contribution in [0.1, 0.15) is 80.4 Å². The van der Waals surface area contributed by atoms with Gasteiger partial charge >= 0.3 is 5.97 Å². The van der Waals surface area contributed by atoms with E-state index in [-0.39, 0.29) is 59.7 Å². The number of halogens is 1. The number of carbonyl (C=O) groups is 2. The highest BCUT2D eigenvalue weighted by molar-refractivity contribution is 6.06. The topological polar surface area (TPSA) is 122 Å². The zero-order valence-electron chi connectivity index (χ0n) is 26.5. The number of aliphatic carboxylic acids is 1. The fourth-order valence-corrected chi connectivity index (χ4v) is 5.81. The van der Waals surface area contributed by atoms with Gasteiger partial charge in [0.15, 0.2) is 23.1 Å². The fraction of sp³-hybridized carbons (Fsp3) is 0.545. The number of hydrogen-bond donors (Lipinski definition) is 2. The van der Waals surface area contributed by atoms with Gasteiger partial charge in [0, 0.05) is 43.8 Å². The van der Waals surface area contributed by atoms with E-state index in [4.69, 9.17) is 29.5 Å². The molecule has 10 nitrogen and oxygen atoms in total. The molecule has 0 aromatic heterocycles. The highest BCUT2D eigenvalue weighted by Gasteiger charge is 2.34. The number of carboxylic acids is 1. The Morgan fingerprint density at radius 1 is 1.11 bits per heavy atom. The summed E-state index contributed by atoms with van der Waals surface area (Å²) in [6.07, 6.45) is 2.08. The summed E-state index contributed by atoms with van der Waals surface area (Å²) in [5, 5.41) is 17.7. The molecule has 240 valence electrons. The minimum Gasteiger partial charge on any atom is -0.493 e. The van der Waals surface area contributed by atoms with E-state index in [0.717, 1.165) is 24.2 Å². The fourth-order valence-electron chi connectivity index (χ4n) is 5.81. The van der Waals surface area contributed by atoms with Crippen LogP contribution in [0, 0.1) is 11.2 Å². The van der Waals surface area contributed by atoms with Crippen LogP contribution in [0.15, 0.2) is 18.2 Å². The predicted octanol–water partition coefficient (Wildman–Crippen LogP) is 5.41. The Morgan fingerprint density at radius 2 is 1.86 bits per heavy atom. The molecule has 0 bridgehead atoms. The van der Waals surface area contributed by atoms with Gasteiger partial charge in [0.1, 0.15) is 11.6 Å². The molecule has 2 aromatic carbocycles. The van der Waals surface area contributed by atoms with Crippen LogP contribution in [-0.2, 0) is 21.5 Å². The molecule has 0 radical (unpaired) electrons. The summed E-state index contributed by atoms with van der Waals surface area (Å²) in [6.45, 7) is 10.6. The van der Waals surface area contributed by atoms with Crippen molar-refractivity contribution in [3.63, 3.8) is 0 Å². The van der Waals surface area contributed by atoms with Crippen LogP contribution in [0.2, 0.25) is 0 Å². The SMILES string of the molecule is CCOC1CCN(c2cc(C(=O)CN3Cc4cc(OC)c(OC)c(F)c4C3=N)cc(C(C)(C)C)c2OCCCCC(=O)O)C1. The lowest BCUT2D eigenvalue weighted by Gasteiger charge is -2.30. The molecule has 2 N–H and O–H groups in total. The van der Waals surface area contributed by atoms with Crippen molar-refractivity contribution in [1.29, 1.82) is 5.41 Å². The summed E-state index contributed by atoms with van der Waals surface area (Å²) >= 11 is 0. The minimum atomic E-state index is -0.835. The zero-order valence-corrected chi connectivity index (χ0v) is 26.5. The number of nitrogens with zero attached hydrogens (tertiary/aromatic N) is 2. The van der Waals surface area contributed by atoms with Gasteiger partial charge in [0.25, 0.3) is 0 Å². The van der Waals surface area contributed by atoms with Gasteiger partial charge in [-0.05, 0) is 55.4 Å². The zero-order chi connectivity index (χ0) is 32.2. The number of methoxy groups -OCH3 is 2. The number of Topliss-reactive ketones (excluding diaryl/α,β-unsaturated/α-hetero) is 1. The van der Waals surface area contributed by atoms with E-state index in [1.165, 1.54) is 14.2 Å². The van der Waals surface area contributed by atoms with Gasteiger partial charge in [-0.25, -0.2) is 4.39 Å². The molecule has 0 spiro atoms. The number of benzene rings is 2. The number of hydrogen-bond acceptors (Lipinski definition) is 8. The molecular formula is C33H44FN3O7. The second-order valence-corrected chi connectivity index (χ2v) is 12.2. The smallest absolute Gasteiger partial charge is 0.303 e. The molecule has 1 atom stereocenters. The molecule has 1 unspecified atom stereocenters. The molecular weight excluding hydrogens is 569 g/mol. The van der Waals surface area contributed by atoms with Crippen LogP contribution in [-0.4, -0.2) is 80.8 Å². The number of carbonyl (C=O) groups excluding carboxylic acids is 1. The average molecular weight is 614 g/mol. The Morgan fingerprint density at radius 3 is 2.50 bits per heavy atom. The van der Waals surface area contributed by atoms with Crippen molar-refractivity contribution in [1.82, 2.24) is 4.90 Å². The summed E-state index contributed by atoms with van der Waals surface area (Å²) < 4.78 is 38.1. The number of rotatable bonds is 14. The summed E-state index contributed by atoms with van der Waals surface area (Å²) in [5.41, 5.74) is 2.41. The summed E-state index contributed by atoms with van der Waals surface area (Å²) in [4.78, 5) is 28.6. The Bertz CT molecular complexity index is 1400. The number of fused-ring (bicyclic) bond motifs is 1. The van der Waals surface area contributed by atoms with E-state index >= 15 is 4.39 Å². The van der Waals surface area contributed by atoms with Crippen molar-refractivity contribution >= 4 is 23.3 Å². The van der Waals surface area contributed by atoms with Crippen LogP contribution >= 0.6 is 0 Å². The highest BCUT2D eigenvalue weighted by atomic mass is 19.1.